The maximum Gasteiger partial charge on any atom is 0.127 e. The van der Waals surface area contributed by atoms with Gasteiger partial charge in [-0.25, -0.2) is 0 Å². The van der Waals surface area contributed by atoms with Crippen LogP contribution in [0.4, 0.5) is 0 Å². The molecular formula is C18H23NO. The Kier molecular flexibility index (Phi) is 4.80. The molecule has 2 nitrogen and oxygen atoms in total. The second-order valence-corrected chi connectivity index (χ2v) is 5.65. The van der Waals surface area contributed by atoms with Gasteiger partial charge >= 0.3 is 0 Å². The summed E-state index contributed by atoms with van der Waals surface area (Å²) in [5.74, 6) is 2.25. The summed E-state index contributed by atoms with van der Waals surface area (Å²) in [4.78, 5) is 0. The molecule has 2 aromatic rings. The zero-order chi connectivity index (χ0) is 14.5. The Hall–Kier alpha value is -1.80. The smallest absolute Gasteiger partial charge is 0.127 e. The zero-order valence-electron chi connectivity index (χ0n) is 12.5. The summed E-state index contributed by atoms with van der Waals surface area (Å²) >= 11 is 0. The van der Waals surface area contributed by atoms with Crippen LogP contribution in [0, 0.1) is 0 Å². The molecule has 1 atom stereocenters. The second-order valence-electron chi connectivity index (χ2n) is 5.65. The van der Waals surface area contributed by atoms with Crippen LogP contribution in [0.15, 0.2) is 48.5 Å². The van der Waals surface area contributed by atoms with Crippen LogP contribution in [0.2, 0.25) is 0 Å². The summed E-state index contributed by atoms with van der Waals surface area (Å²) in [6.45, 7) is 6.38. The number of rotatable bonds is 5. The molecule has 2 N–H and O–H groups in total. The highest BCUT2D eigenvalue weighted by Gasteiger charge is 2.03. The van der Waals surface area contributed by atoms with Gasteiger partial charge in [0.1, 0.15) is 11.5 Å². The average Bonchev–Trinajstić information content (AvgIpc) is 2.41. The quantitative estimate of drug-likeness (QED) is 0.867. The van der Waals surface area contributed by atoms with Crippen molar-refractivity contribution >= 4 is 0 Å². The molecule has 0 saturated carbocycles. The predicted molar refractivity (Wildman–Crippen MR) is 84.4 cm³/mol. The van der Waals surface area contributed by atoms with E-state index in [1.165, 1.54) is 11.1 Å². The third-order valence-electron chi connectivity index (χ3n) is 3.24. The van der Waals surface area contributed by atoms with E-state index in [9.17, 15) is 0 Å². The van der Waals surface area contributed by atoms with Gasteiger partial charge in [0.2, 0.25) is 0 Å². The maximum atomic E-state index is 5.90. The number of benzene rings is 2. The molecule has 0 heterocycles. The first-order chi connectivity index (χ1) is 9.54. The Morgan fingerprint density at radius 3 is 2.25 bits per heavy atom. The molecule has 106 valence electrons. The van der Waals surface area contributed by atoms with E-state index in [0.29, 0.717) is 5.92 Å². The monoisotopic (exact) mass is 269 g/mol. The molecule has 0 aromatic heterocycles. The Morgan fingerprint density at radius 1 is 0.950 bits per heavy atom. The molecule has 1 unspecified atom stereocenters. The van der Waals surface area contributed by atoms with E-state index in [4.69, 9.17) is 10.5 Å². The molecule has 20 heavy (non-hydrogen) atoms. The zero-order valence-corrected chi connectivity index (χ0v) is 12.5. The van der Waals surface area contributed by atoms with Gasteiger partial charge in [0, 0.05) is 6.04 Å². The van der Waals surface area contributed by atoms with Crippen molar-refractivity contribution in [3.8, 4) is 11.5 Å². The normalized spacial score (nSPS) is 12.4. The van der Waals surface area contributed by atoms with Crippen molar-refractivity contribution in [2.75, 3.05) is 0 Å². The lowest BCUT2D eigenvalue weighted by Gasteiger charge is -2.10. The average molecular weight is 269 g/mol. The standard InChI is InChI=1S/C18H23NO/c1-13(2)16-5-4-6-18(12-16)20-17-9-7-15(8-10-17)11-14(3)19/h4-10,12-14H,11,19H2,1-3H3. The number of hydrogen-bond acceptors (Lipinski definition) is 2. The summed E-state index contributed by atoms with van der Waals surface area (Å²) in [6.07, 6.45) is 0.892. The van der Waals surface area contributed by atoms with Crippen molar-refractivity contribution in [1.82, 2.24) is 0 Å². The van der Waals surface area contributed by atoms with Gasteiger partial charge in [-0.05, 0) is 54.7 Å². The van der Waals surface area contributed by atoms with E-state index >= 15 is 0 Å². The summed E-state index contributed by atoms with van der Waals surface area (Å²) in [5, 5.41) is 0. The second kappa shape index (κ2) is 6.58. The van der Waals surface area contributed by atoms with Crippen LogP contribution in [-0.2, 0) is 6.42 Å². The Bertz CT molecular complexity index is 544. The van der Waals surface area contributed by atoms with E-state index < -0.39 is 0 Å². The van der Waals surface area contributed by atoms with Crippen LogP contribution in [0.3, 0.4) is 0 Å². The first kappa shape index (κ1) is 14.6. The van der Waals surface area contributed by atoms with Crippen LogP contribution < -0.4 is 10.5 Å². The first-order valence-corrected chi connectivity index (χ1v) is 7.17. The van der Waals surface area contributed by atoms with Gasteiger partial charge in [-0.2, -0.15) is 0 Å². The van der Waals surface area contributed by atoms with Crippen molar-refractivity contribution in [1.29, 1.82) is 0 Å². The number of hydrogen-bond donors (Lipinski definition) is 1. The highest BCUT2D eigenvalue weighted by molar-refractivity contribution is 5.36. The van der Waals surface area contributed by atoms with Crippen LogP contribution >= 0.6 is 0 Å². The fraction of sp³-hybridized carbons (Fsp3) is 0.333. The van der Waals surface area contributed by atoms with Crippen molar-refractivity contribution in [3.05, 3.63) is 59.7 Å². The van der Waals surface area contributed by atoms with Gasteiger partial charge in [0.15, 0.2) is 0 Å². The van der Waals surface area contributed by atoms with Gasteiger partial charge in [-0.15, -0.1) is 0 Å². The minimum absolute atomic E-state index is 0.185. The maximum absolute atomic E-state index is 5.90. The van der Waals surface area contributed by atoms with E-state index in [2.05, 4.69) is 38.1 Å². The Balaban J connectivity index is 2.08. The molecule has 0 saturated heterocycles. The van der Waals surface area contributed by atoms with Gasteiger partial charge < -0.3 is 10.5 Å². The minimum Gasteiger partial charge on any atom is -0.457 e. The first-order valence-electron chi connectivity index (χ1n) is 7.17. The number of ether oxygens (including phenoxy) is 1. The third kappa shape index (κ3) is 4.10. The molecule has 0 aliphatic rings. The van der Waals surface area contributed by atoms with E-state index in [1.807, 2.05) is 31.2 Å². The lowest BCUT2D eigenvalue weighted by molar-refractivity contribution is 0.481. The largest absolute Gasteiger partial charge is 0.457 e. The van der Waals surface area contributed by atoms with Crippen molar-refractivity contribution in [2.24, 2.45) is 5.73 Å². The van der Waals surface area contributed by atoms with Crippen LogP contribution in [-0.4, -0.2) is 6.04 Å². The van der Waals surface area contributed by atoms with Crippen LogP contribution in [0.25, 0.3) is 0 Å². The minimum atomic E-state index is 0.185. The van der Waals surface area contributed by atoms with E-state index in [1.54, 1.807) is 0 Å². The molecule has 2 aromatic carbocycles. The van der Waals surface area contributed by atoms with Crippen molar-refractivity contribution in [3.63, 3.8) is 0 Å². The third-order valence-corrected chi connectivity index (χ3v) is 3.24. The molecule has 0 spiro atoms. The predicted octanol–water partition coefficient (Wildman–Crippen LogP) is 4.49. The van der Waals surface area contributed by atoms with Gasteiger partial charge in [0.05, 0.1) is 0 Å². The summed E-state index contributed by atoms with van der Waals surface area (Å²) in [6, 6.07) is 16.6. The number of nitrogens with two attached hydrogens (primary N) is 1. The van der Waals surface area contributed by atoms with Crippen LogP contribution in [0.1, 0.15) is 37.8 Å². The highest BCUT2D eigenvalue weighted by Crippen LogP contribution is 2.25. The van der Waals surface area contributed by atoms with Crippen molar-refractivity contribution < 1.29 is 4.74 Å². The molecule has 2 heteroatoms. The Morgan fingerprint density at radius 2 is 1.65 bits per heavy atom. The lowest BCUT2D eigenvalue weighted by Crippen LogP contribution is -2.17. The van der Waals surface area contributed by atoms with Crippen LogP contribution in [0.5, 0.6) is 11.5 Å². The fourth-order valence-electron chi connectivity index (χ4n) is 2.14. The lowest BCUT2D eigenvalue weighted by atomic mass is 10.0. The Labute approximate surface area is 121 Å². The summed E-state index contributed by atoms with van der Waals surface area (Å²) in [5.41, 5.74) is 8.33. The summed E-state index contributed by atoms with van der Waals surface area (Å²) in [7, 11) is 0. The molecule has 2 rings (SSSR count). The molecule has 0 aliphatic carbocycles. The molecule has 0 bridgehead atoms. The molecule has 0 amide bonds. The molecule has 0 fully saturated rings. The summed E-state index contributed by atoms with van der Waals surface area (Å²) < 4.78 is 5.90. The van der Waals surface area contributed by atoms with Gasteiger partial charge in [-0.1, -0.05) is 38.1 Å². The molecule has 0 aliphatic heterocycles. The fourth-order valence-corrected chi connectivity index (χ4v) is 2.14. The van der Waals surface area contributed by atoms with Gasteiger partial charge in [0.25, 0.3) is 0 Å². The van der Waals surface area contributed by atoms with E-state index in [-0.39, 0.29) is 6.04 Å². The van der Waals surface area contributed by atoms with Crippen molar-refractivity contribution in [2.45, 2.75) is 39.2 Å². The molecule has 0 radical (unpaired) electrons. The topological polar surface area (TPSA) is 35.2 Å². The van der Waals surface area contributed by atoms with Gasteiger partial charge in [-0.3, -0.25) is 0 Å². The molecular weight excluding hydrogens is 246 g/mol. The van der Waals surface area contributed by atoms with E-state index in [0.717, 1.165) is 17.9 Å². The SMILES string of the molecule is CC(N)Cc1ccc(Oc2cccc(C(C)C)c2)cc1. The highest BCUT2D eigenvalue weighted by atomic mass is 16.5.